The number of ether oxygens (including phenoxy) is 1. The summed E-state index contributed by atoms with van der Waals surface area (Å²) in [5, 5.41) is 21.7. The number of aromatic hydroxyl groups is 1. The Labute approximate surface area is 196 Å². The number of phenols is 1. The summed E-state index contributed by atoms with van der Waals surface area (Å²) in [5.74, 6) is -0.354. The van der Waals surface area contributed by atoms with Gasteiger partial charge in [0.25, 0.3) is 0 Å². The van der Waals surface area contributed by atoms with Crippen LogP contribution in [0.2, 0.25) is 0 Å². The number of hydrogen-bond acceptors (Lipinski definition) is 6. The van der Waals surface area contributed by atoms with Crippen molar-refractivity contribution in [3.8, 4) is 28.6 Å². The summed E-state index contributed by atoms with van der Waals surface area (Å²) in [6, 6.07) is 20.8. The zero-order chi connectivity index (χ0) is 24.1. The summed E-state index contributed by atoms with van der Waals surface area (Å²) in [4.78, 5) is 12.4. The van der Waals surface area contributed by atoms with Crippen molar-refractivity contribution in [3.05, 3.63) is 78.9 Å². The number of anilines is 1. The minimum atomic E-state index is -4.79. The van der Waals surface area contributed by atoms with Gasteiger partial charge in [-0.1, -0.05) is 42.1 Å². The molecule has 4 aromatic rings. The topological polar surface area (TPSA) is 89.3 Å². The van der Waals surface area contributed by atoms with E-state index in [0.717, 1.165) is 29.6 Å². The second-order valence-electron chi connectivity index (χ2n) is 6.90. The SMILES string of the molecule is O=C(CSc1nnc(-c2ccccc2O)n1-c1ccccc1)Nc1ccc(OC(F)(F)F)cc1. The quantitative estimate of drug-likeness (QED) is 0.346. The first-order valence-corrected chi connectivity index (χ1v) is 10.9. The summed E-state index contributed by atoms with van der Waals surface area (Å²) in [5.41, 5.74) is 1.55. The third-order valence-corrected chi connectivity index (χ3v) is 5.43. The van der Waals surface area contributed by atoms with Gasteiger partial charge >= 0.3 is 6.36 Å². The van der Waals surface area contributed by atoms with Gasteiger partial charge in [-0.25, -0.2) is 0 Å². The third-order valence-electron chi connectivity index (χ3n) is 4.50. The minimum Gasteiger partial charge on any atom is -0.507 e. The van der Waals surface area contributed by atoms with E-state index in [1.807, 2.05) is 30.3 Å². The molecule has 0 spiro atoms. The molecule has 11 heteroatoms. The van der Waals surface area contributed by atoms with E-state index in [1.165, 1.54) is 12.1 Å². The van der Waals surface area contributed by atoms with Crippen LogP contribution in [0.5, 0.6) is 11.5 Å². The Morgan fingerprint density at radius 3 is 2.32 bits per heavy atom. The number of thioether (sulfide) groups is 1. The van der Waals surface area contributed by atoms with Gasteiger partial charge < -0.3 is 15.2 Å². The zero-order valence-electron chi connectivity index (χ0n) is 17.4. The van der Waals surface area contributed by atoms with Crippen LogP contribution < -0.4 is 10.1 Å². The molecule has 1 aromatic heterocycles. The molecule has 0 radical (unpaired) electrons. The Kier molecular flexibility index (Phi) is 6.73. The highest BCUT2D eigenvalue weighted by Crippen LogP contribution is 2.32. The fourth-order valence-corrected chi connectivity index (χ4v) is 3.83. The van der Waals surface area contributed by atoms with Gasteiger partial charge in [0.1, 0.15) is 11.5 Å². The standard InChI is InChI=1S/C23H17F3N4O3S/c24-23(25,26)33-17-12-10-15(11-13-17)27-20(32)14-34-22-29-28-21(18-8-4-5-9-19(18)31)30(22)16-6-2-1-3-7-16/h1-13,31H,14H2,(H,27,32). The van der Waals surface area contributed by atoms with Crippen LogP contribution in [0.4, 0.5) is 18.9 Å². The Hall–Kier alpha value is -3.99. The molecule has 3 aromatic carbocycles. The summed E-state index contributed by atoms with van der Waals surface area (Å²) >= 11 is 1.12. The third kappa shape index (κ3) is 5.67. The number of carbonyl (C=O) groups excluding carboxylic acids is 1. The first-order chi connectivity index (χ1) is 16.3. The van der Waals surface area contributed by atoms with Crippen molar-refractivity contribution in [1.29, 1.82) is 0 Å². The van der Waals surface area contributed by atoms with E-state index in [0.29, 0.717) is 22.2 Å². The van der Waals surface area contributed by atoms with Gasteiger partial charge in [-0.15, -0.1) is 23.4 Å². The molecular weight excluding hydrogens is 469 g/mol. The smallest absolute Gasteiger partial charge is 0.507 e. The molecule has 1 heterocycles. The largest absolute Gasteiger partial charge is 0.573 e. The molecule has 1 amide bonds. The summed E-state index contributed by atoms with van der Waals surface area (Å²) in [6.07, 6.45) is -4.79. The van der Waals surface area contributed by atoms with Crippen molar-refractivity contribution in [2.24, 2.45) is 0 Å². The molecular formula is C23H17F3N4O3S. The molecule has 0 bridgehead atoms. The molecule has 4 rings (SSSR count). The van der Waals surface area contributed by atoms with Gasteiger partial charge in [0.2, 0.25) is 5.91 Å². The lowest BCUT2D eigenvalue weighted by Crippen LogP contribution is -2.17. The molecule has 7 nitrogen and oxygen atoms in total. The number of rotatable bonds is 7. The monoisotopic (exact) mass is 486 g/mol. The summed E-state index contributed by atoms with van der Waals surface area (Å²) in [7, 11) is 0. The number of halogens is 3. The normalized spacial score (nSPS) is 11.3. The second-order valence-corrected chi connectivity index (χ2v) is 7.85. The molecule has 0 aliphatic carbocycles. The Morgan fingerprint density at radius 1 is 0.971 bits per heavy atom. The molecule has 0 saturated heterocycles. The van der Waals surface area contributed by atoms with Crippen LogP contribution in [-0.2, 0) is 4.79 Å². The van der Waals surface area contributed by atoms with E-state index in [-0.39, 0.29) is 23.2 Å². The summed E-state index contributed by atoms with van der Waals surface area (Å²) in [6.45, 7) is 0. The summed E-state index contributed by atoms with van der Waals surface area (Å²) < 4.78 is 42.4. The molecule has 34 heavy (non-hydrogen) atoms. The van der Waals surface area contributed by atoms with Crippen LogP contribution in [0.1, 0.15) is 0 Å². The number of nitrogens with zero attached hydrogens (tertiary/aromatic N) is 3. The van der Waals surface area contributed by atoms with Crippen LogP contribution in [-0.4, -0.2) is 37.9 Å². The van der Waals surface area contributed by atoms with Crippen molar-refractivity contribution in [3.63, 3.8) is 0 Å². The Morgan fingerprint density at radius 2 is 1.65 bits per heavy atom. The van der Waals surface area contributed by atoms with E-state index >= 15 is 0 Å². The van der Waals surface area contributed by atoms with Gasteiger partial charge in [-0.3, -0.25) is 9.36 Å². The van der Waals surface area contributed by atoms with Gasteiger partial charge in [0, 0.05) is 11.4 Å². The molecule has 174 valence electrons. The predicted molar refractivity (Wildman–Crippen MR) is 121 cm³/mol. The Bertz CT molecular complexity index is 1280. The molecule has 0 fully saturated rings. The molecule has 0 aliphatic heterocycles. The average molecular weight is 486 g/mol. The first-order valence-electron chi connectivity index (χ1n) is 9.88. The fraction of sp³-hybridized carbons (Fsp3) is 0.0870. The van der Waals surface area contributed by atoms with Crippen LogP contribution in [0.15, 0.2) is 84.0 Å². The number of nitrogens with one attached hydrogen (secondary N) is 1. The molecule has 0 unspecified atom stereocenters. The second kappa shape index (κ2) is 9.87. The van der Waals surface area contributed by atoms with E-state index < -0.39 is 6.36 Å². The number of benzene rings is 3. The van der Waals surface area contributed by atoms with Crippen molar-refractivity contribution < 1.29 is 27.8 Å². The van der Waals surface area contributed by atoms with E-state index in [1.54, 1.807) is 28.8 Å². The fourth-order valence-electron chi connectivity index (χ4n) is 3.08. The lowest BCUT2D eigenvalue weighted by Gasteiger charge is -2.11. The van der Waals surface area contributed by atoms with Gasteiger partial charge in [0.05, 0.1) is 11.3 Å². The maximum Gasteiger partial charge on any atom is 0.573 e. The average Bonchev–Trinajstić information content (AvgIpc) is 3.23. The highest BCUT2D eigenvalue weighted by molar-refractivity contribution is 7.99. The highest BCUT2D eigenvalue weighted by Gasteiger charge is 2.31. The predicted octanol–water partition coefficient (Wildman–Crippen LogP) is 5.27. The van der Waals surface area contributed by atoms with Gasteiger partial charge in [0.15, 0.2) is 11.0 Å². The molecule has 2 N–H and O–H groups in total. The van der Waals surface area contributed by atoms with Gasteiger partial charge in [-0.2, -0.15) is 0 Å². The maximum absolute atomic E-state index is 12.4. The zero-order valence-corrected chi connectivity index (χ0v) is 18.2. The minimum absolute atomic E-state index is 0.0352. The molecule has 0 atom stereocenters. The van der Waals surface area contributed by atoms with Gasteiger partial charge in [-0.05, 0) is 48.5 Å². The number of alkyl halides is 3. The van der Waals surface area contributed by atoms with Crippen molar-refractivity contribution in [2.75, 3.05) is 11.1 Å². The van der Waals surface area contributed by atoms with Crippen LogP contribution in [0, 0.1) is 0 Å². The van der Waals surface area contributed by atoms with Crippen LogP contribution >= 0.6 is 11.8 Å². The number of amides is 1. The van der Waals surface area contributed by atoms with Crippen molar-refractivity contribution in [1.82, 2.24) is 14.8 Å². The number of hydrogen-bond donors (Lipinski definition) is 2. The van der Waals surface area contributed by atoms with E-state index in [2.05, 4.69) is 20.3 Å². The van der Waals surface area contributed by atoms with Crippen LogP contribution in [0.25, 0.3) is 17.1 Å². The lowest BCUT2D eigenvalue weighted by atomic mass is 10.2. The van der Waals surface area contributed by atoms with E-state index in [4.69, 9.17) is 0 Å². The Balaban J connectivity index is 1.50. The number of para-hydroxylation sites is 2. The van der Waals surface area contributed by atoms with Crippen molar-refractivity contribution in [2.45, 2.75) is 11.5 Å². The number of carbonyl (C=O) groups is 1. The molecule has 0 aliphatic rings. The number of phenolic OH excluding ortho intramolecular Hbond substituents is 1. The van der Waals surface area contributed by atoms with E-state index in [9.17, 15) is 23.1 Å². The number of aromatic nitrogens is 3. The molecule has 0 saturated carbocycles. The lowest BCUT2D eigenvalue weighted by molar-refractivity contribution is -0.274. The maximum atomic E-state index is 12.4. The van der Waals surface area contributed by atoms with Crippen LogP contribution in [0.3, 0.4) is 0 Å². The highest BCUT2D eigenvalue weighted by atomic mass is 32.2. The first kappa shape index (κ1) is 23.2. The van der Waals surface area contributed by atoms with Crippen molar-refractivity contribution >= 4 is 23.4 Å².